The second-order valence-electron chi connectivity index (χ2n) is 6.46. The fourth-order valence-electron chi connectivity index (χ4n) is 2.78. The van der Waals surface area contributed by atoms with E-state index in [-0.39, 0.29) is 11.5 Å². The first-order valence-corrected chi connectivity index (χ1v) is 8.67. The van der Waals surface area contributed by atoms with Crippen LogP contribution >= 0.6 is 0 Å². The number of nitrogens with zero attached hydrogens (tertiary/aromatic N) is 3. The molecule has 7 heteroatoms. The highest BCUT2D eigenvalue weighted by atomic mass is 19.1. The van der Waals surface area contributed by atoms with E-state index in [0.717, 1.165) is 11.1 Å². The van der Waals surface area contributed by atoms with Crippen molar-refractivity contribution in [1.82, 2.24) is 14.9 Å². The lowest BCUT2D eigenvalue weighted by Crippen LogP contribution is -2.15. The van der Waals surface area contributed by atoms with Crippen molar-refractivity contribution < 1.29 is 13.7 Å². The Morgan fingerprint density at radius 3 is 2.46 bits per heavy atom. The number of aryl methyl sites for hydroxylation is 2. The Kier molecular flexibility index (Phi) is 4.49. The maximum absolute atomic E-state index is 13.2. The van der Waals surface area contributed by atoms with Crippen LogP contribution in [0.15, 0.2) is 65.2 Å². The predicted octanol–water partition coefficient (Wildman–Crippen LogP) is 4.54. The quantitative estimate of drug-likeness (QED) is 0.568. The summed E-state index contributed by atoms with van der Waals surface area (Å²) < 4.78 is 20.0. The van der Waals surface area contributed by atoms with Crippen LogP contribution in [0.4, 0.5) is 10.2 Å². The molecule has 0 aliphatic carbocycles. The first kappa shape index (κ1) is 17.7. The molecule has 1 N–H and O–H groups in total. The highest BCUT2D eigenvalue weighted by Crippen LogP contribution is 2.22. The maximum atomic E-state index is 13.2. The third-order valence-corrected chi connectivity index (χ3v) is 4.22. The zero-order valence-corrected chi connectivity index (χ0v) is 15.3. The Morgan fingerprint density at radius 2 is 1.75 bits per heavy atom. The molecule has 0 radical (unpaired) electrons. The average molecular weight is 376 g/mol. The van der Waals surface area contributed by atoms with Crippen LogP contribution in [0.25, 0.3) is 17.0 Å². The van der Waals surface area contributed by atoms with E-state index in [9.17, 15) is 9.18 Å². The van der Waals surface area contributed by atoms with Crippen molar-refractivity contribution in [3.63, 3.8) is 0 Å². The van der Waals surface area contributed by atoms with Crippen LogP contribution in [-0.2, 0) is 0 Å². The van der Waals surface area contributed by atoms with Crippen molar-refractivity contribution in [1.29, 1.82) is 0 Å². The van der Waals surface area contributed by atoms with E-state index in [4.69, 9.17) is 4.52 Å². The van der Waals surface area contributed by atoms with Crippen LogP contribution in [0.5, 0.6) is 0 Å². The minimum Gasteiger partial charge on any atom is -0.355 e. The molecule has 1 amide bonds. The predicted molar refractivity (Wildman–Crippen MR) is 103 cm³/mol. The van der Waals surface area contributed by atoms with Crippen molar-refractivity contribution in [3.8, 4) is 17.0 Å². The number of carbonyl (C=O) groups excluding carboxylic acids is 1. The largest absolute Gasteiger partial charge is 0.355 e. The summed E-state index contributed by atoms with van der Waals surface area (Å²) in [5.74, 6) is 0.192. The summed E-state index contributed by atoms with van der Waals surface area (Å²) in [5.41, 5.74) is 3.46. The number of aromatic nitrogens is 3. The van der Waals surface area contributed by atoms with Gasteiger partial charge in [-0.1, -0.05) is 35.0 Å². The van der Waals surface area contributed by atoms with Crippen molar-refractivity contribution in [2.75, 3.05) is 5.32 Å². The normalized spacial score (nSPS) is 10.8. The number of benzene rings is 2. The zero-order valence-electron chi connectivity index (χ0n) is 15.3. The van der Waals surface area contributed by atoms with E-state index >= 15 is 0 Å². The topological polar surface area (TPSA) is 73.0 Å². The number of nitrogens with one attached hydrogen (secondary N) is 1. The van der Waals surface area contributed by atoms with Gasteiger partial charge in [-0.2, -0.15) is 5.10 Å². The summed E-state index contributed by atoms with van der Waals surface area (Å²) in [4.78, 5) is 12.6. The third kappa shape index (κ3) is 3.55. The second-order valence-corrected chi connectivity index (χ2v) is 6.46. The molecule has 2 aromatic carbocycles. The van der Waals surface area contributed by atoms with E-state index < -0.39 is 5.91 Å². The minimum absolute atomic E-state index is 0.153. The van der Waals surface area contributed by atoms with E-state index in [1.165, 1.54) is 16.8 Å². The van der Waals surface area contributed by atoms with E-state index in [1.54, 1.807) is 31.2 Å². The van der Waals surface area contributed by atoms with Crippen LogP contribution in [0, 0.1) is 19.7 Å². The Hall–Kier alpha value is -3.74. The van der Waals surface area contributed by atoms with Gasteiger partial charge in [0.25, 0.3) is 5.91 Å². The minimum atomic E-state index is -0.426. The summed E-state index contributed by atoms with van der Waals surface area (Å²) in [5, 5.41) is 11.0. The number of hydrogen-bond acceptors (Lipinski definition) is 4. The molecule has 0 aliphatic heterocycles. The number of amides is 1. The summed E-state index contributed by atoms with van der Waals surface area (Å²) in [6.45, 7) is 3.80. The fraction of sp³-hybridized carbons (Fsp3) is 0.0952. The van der Waals surface area contributed by atoms with Crippen LogP contribution in [-0.4, -0.2) is 20.8 Å². The maximum Gasteiger partial charge on any atom is 0.279 e. The number of rotatable bonds is 4. The van der Waals surface area contributed by atoms with Crippen LogP contribution in [0.2, 0.25) is 0 Å². The molecule has 28 heavy (non-hydrogen) atoms. The van der Waals surface area contributed by atoms with Crippen molar-refractivity contribution in [2.24, 2.45) is 0 Å². The van der Waals surface area contributed by atoms with Crippen molar-refractivity contribution >= 4 is 11.7 Å². The molecule has 0 unspecified atom stereocenters. The number of hydrogen-bond donors (Lipinski definition) is 1. The first-order chi connectivity index (χ1) is 13.5. The van der Waals surface area contributed by atoms with Gasteiger partial charge >= 0.3 is 0 Å². The van der Waals surface area contributed by atoms with Crippen molar-refractivity contribution in [2.45, 2.75) is 13.8 Å². The van der Waals surface area contributed by atoms with E-state index in [1.807, 2.05) is 31.2 Å². The molecule has 0 bridgehead atoms. The zero-order chi connectivity index (χ0) is 19.7. The SMILES string of the molecule is Cc1ccc(-c2cc(C(=O)Nc3cc(C)nn3-c3ccc(F)cc3)no2)cc1. The molecule has 2 aromatic heterocycles. The second kappa shape index (κ2) is 7.11. The average Bonchev–Trinajstić information content (AvgIpc) is 3.30. The molecule has 0 saturated carbocycles. The van der Waals surface area contributed by atoms with Crippen LogP contribution in [0.1, 0.15) is 21.7 Å². The van der Waals surface area contributed by atoms with Crippen LogP contribution < -0.4 is 5.32 Å². The van der Waals surface area contributed by atoms with E-state index in [0.29, 0.717) is 23.0 Å². The fourth-order valence-corrected chi connectivity index (χ4v) is 2.78. The molecule has 0 atom stereocenters. The Bertz CT molecular complexity index is 1130. The molecule has 4 rings (SSSR count). The van der Waals surface area contributed by atoms with Gasteiger partial charge in [0.2, 0.25) is 0 Å². The van der Waals surface area contributed by atoms with E-state index in [2.05, 4.69) is 15.6 Å². The summed E-state index contributed by atoms with van der Waals surface area (Å²) >= 11 is 0. The molecule has 0 spiro atoms. The third-order valence-electron chi connectivity index (χ3n) is 4.22. The number of halogens is 1. The van der Waals surface area contributed by atoms with Gasteiger partial charge in [-0.15, -0.1) is 0 Å². The molecule has 4 aromatic rings. The van der Waals surface area contributed by atoms with Gasteiger partial charge < -0.3 is 9.84 Å². The van der Waals surface area contributed by atoms with Gasteiger partial charge in [0.15, 0.2) is 11.5 Å². The molecule has 0 aliphatic rings. The first-order valence-electron chi connectivity index (χ1n) is 8.67. The molecule has 140 valence electrons. The highest BCUT2D eigenvalue weighted by Gasteiger charge is 2.17. The molecular formula is C21H17FN4O2. The molecule has 2 heterocycles. The standard InChI is InChI=1S/C21H17FN4O2/c1-13-3-5-15(6-4-13)19-12-18(25-28-19)21(27)23-20-11-14(2)24-26(20)17-9-7-16(22)8-10-17/h3-12H,1-2H3,(H,23,27). The molecular weight excluding hydrogens is 359 g/mol. The lowest BCUT2D eigenvalue weighted by atomic mass is 10.1. The van der Waals surface area contributed by atoms with Gasteiger partial charge in [-0.05, 0) is 38.1 Å². The molecule has 6 nitrogen and oxygen atoms in total. The number of carbonyl (C=O) groups is 1. The Balaban J connectivity index is 1.58. The van der Waals surface area contributed by atoms with Gasteiger partial charge in [-0.3, -0.25) is 4.79 Å². The summed E-state index contributed by atoms with van der Waals surface area (Å²) in [6, 6.07) is 16.9. The highest BCUT2D eigenvalue weighted by molar-refractivity contribution is 6.03. The lowest BCUT2D eigenvalue weighted by molar-refractivity contribution is 0.101. The number of anilines is 1. The Labute approximate surface area is 160 Å². The Morgan fingerprint density at radius 1 is 1.04 bits per heavy atom. The monoisotopic (exact) mass is 376 g/mol. The smallest absolute Gasteiger partial charge is 0.279 e. The van der Waals surface area contributed by atoms with Gasteiger partial charge in [0.05, 0.1) is 11.4 Å². The van der Waals surface area contributed by atoms with Gasteiger partial charge in [0, 0.05) is 17.7 Å². The molecule has 0 fully saturated rings. The lowest BCUT2D eigenvalue weighted by Gasteiger charge is -2.07. The molecule has 0 saturated heterocycles. The van der Waals surface area contributed by atoms with Gasteiger partial charge in [-0.25, -0.2) is 9.07 Å². The van der Waals surface area contributed by atoms with Crippen LogP contribution in [0.3, 0.4) is 0 Å². The summed E-state index contributed by atoms with van der Waals surface area (Å²) in [7, 11) is 0. The summed E-state index contributed by atoms with van der Waals surface area (Å²) in [6.07, 6.45) is 0. The van der Waals surface area contributed by atoms with Gasteiger partial charge in [0.1, 0.15) is 11.6 Å². The van der Waals surface area contributed by atoms with Crippen molar-refractivity contribution in [3.05, 3.63) is 83.4 Å².